The molecule has 3 nitrogen and oxygen atoms in total. The highest BCUT2D eigenvalue weighted by Crippen LogP contribution is 2.17. The van der Waals surface area contributed by atoms with Crippen LogP contribution in [-0.2, 0) is 6.54 Å². The third-order valence-corrected chi connectivity index (χ3v) is 5.07. The van der Waals surface area contributed by atoms with Crippen molar-refractivity contribution in [1.82, 2.24) is 10.2 Å². The van der Waals surface area contributed by atoms with Crippen molar-refractivity contribution in [2.75, 3.05) is 13.1 Å². The van der Waals surface area contributed by atoms with Crippen molar-refractivity contribution in [2.45, 2.75) is 25.4 Å². The van der Waals surface area contributed by atoms with Crippen LogP contribution in [0.4, 0.5) is 0 Å². The van der Waals surface area contributed by atoms with E-state index >= 15 is 0 Å². The van der Waals surface area contributed by atoms with Gasteiger partial charge in [-0.15, -0.1) is 0 Å². The Morgan fingerprint density at radius 1 is 1.17 bits per heavy atom. The van der Waals surface area contributed by atoms with Gasteiger partial charge < -0.3 is 5.32 Å². The predicted molar refractivity (Wildman–Crippen MR) is 101 cm³/mol. The minimum absolute atomic E-state index is 0.00690. The van der Waals surface area contributed by atoms with E-state index in [1.165, 1.54) is 5.56 Å². The van der Waals surface area contributed by atoms with Crippen molar-refractivity contribution >= 4 is 33.4 Å². The lowest BCUT2D eigenvalue weighted by Crippen LogP contribution is -2.44. The van der Waals surface area contributed by atoms with Crippen molar-refractivity contribution in [3.8, 4) is 0 Å². The Hall–Kier alpha value is -1.36. The summed E-state index contributed by atoms with van der Waals surface area (Å²) in [4.78, 5) is 14.7. The van der Waals surface area contributed by atoms with E-state index in [9.17, 15) is 4.79 Å². The summed E-state index contributed by atoms with van der Waals surface area (Å²) in [5.74, 6) is 0.00690. The third-order valence-electron chi connectivity index (χ3n) is 4.33. The number of carbonyl (C=O) groups excluding carboxylic acids is 1. The van der Waals surface area contributed by atoms with Gasteiger partial charge in [0.15, 0.2) is 0 Å². The van der Waals surface area contributed by atoms with Gasteiger partial charge in [0.1, 0.15) is 0 Å². The first kappa shape index (κ1) is 17.5. The number of likely N-dealkylation sites (tertiary alicyclic amines) is 1. The van der Waals surface area contributed by atoms with Crippen LogP contribution in [0, 0.1) is 0 Å². The van der Waals surface area contributed by atoms with Gasteiger partial charge in [0.25, 0.3) is 5.91 Å². The number of carbonyl (C=O) groups is 1. The van der Waals surface area contributed by atoms with Gasteiger partial charge in [0.2, 0.25) is 0 Å². The van der Waals surface area contributed by atoms with Gasteiger partial charge in [0, 0.05) is 40.7 Å². The Labute approximate surface area is 156 Å². The fourth-order valence-electron chi connectivity index (χ4n) is 2.98. The molecule has 24 heavy (non-hydrogen) atoms. The molecule has 1 heterocycles. The molecule has 0 atom stereocenters. The zero-order valence-corrected chi connectivity index (χ0v) is 15.7. The molecule has 1 fully saturated rings. The number of rotatable bonds is 4. The first-order valence-corrected chi connectivity index (χ1v) is 9.30. The Bertz CT molecular complexity index is 697. The molecular formula is C19H20BrClN2O. The molecular weight excluding hydrogens is 388 g/mol. The standard InChI is InChI=1S/C19H20BrClN2O/c20-16-3-1-2-15(12-16)19(24)22-18-8-10-23(11-9-18)13-14-4-6-17(21)7-5-14/h1-7,12,18H,8-11,13H2,(H,22,24). The molecule has 0 unspecified atom stereocenters. The molecule has 1 amide bonds. The van der Waals surface area contributed by atoms with Crippen molar-refractivity contribution in [1.29, 1.82) is 0 Å². The maximum absolute atomic E-state index is 12.3. The van der Waals surface area contributed by atoms with Gasteiger partial charge in [-0.2, -0.15) is 0 Å². The second kappa shape index (κ2) is 8.15. The molecule has 0 radical (unpaired) electrons. The molecule has 0 spiro atoms. The maximum atomic E-state index is 12.3. The molecule has 1 aliphatic rings. The van der Waals surface area contributed by atoms with E-state index < -0.39 is 0 Å². The van der Waals surface area contributed by atoms with E-state index in [0.29, 0.717) is 5.56 Å². The lowest BCUT2D eigenvalue weighted by molar-refractivity contribution is 0.0909. The molecule has 0 aromatic heterocycles. The van der Waals surface area contributed by atoms with Crippen molar-refractivity contribution in [3.05, 3.63) is 69.2 Å². The number of nitrogens with zero attached hydrogens (tertiary/aromatic N) is 1. The van der Waals surface area contributed by atoms with E-state index in [4.69, 9.17) is 11.6 Å². The topological polar surface area (TPSA) is 32.3 Å². The fourth-order valence-corrected chi connectivity index (χ4v) is 3.51. The number of piperidine rings is 1. The number of nitrogens with one attached hydrogen (secondary N) is 1. The van der Waals surface area contributed by atoms with Crippen LogP contribution in [0.1, 0.15) is 28.8 Å². The molecule has 126 valence electrons. The van der Waals surface area contributed by atoms with E-state index in [1.54, 1.807) is 0 Å². The average molecular weight is 408 g/mol. The van der Waals surface area contributed by atoms with E-state index in [2.05, 4.69) is 38.3 Å². The highest BCUT2D eigenvalue weighted by molar-refractivity contribution is 9.10. The van der Waals surface area contributed by atoms with E-state index in [-0.39, 0.29) is 11.9 Å². The smallest absolute Gasteiger partial charge is 0.251 e. The zero-order valence-electron chi connectivity index (χ0n) is 13.3. The first-order valence-electron chi connectivity index (χ1n) is 8.13. The monoisotopic (exact) mass is 406 g/mol. The van der Waals surface area contributed by atoms with Crippen LogP contribution in [0.2, 0.25) is 5.02 Å². The summed E-state index contributed by atoms with van der Waals surface area (Å²) in [6.07, 6.45) is 1.96. The Kier molecular flexibility index (Phi) is 5.93. The minimum atomic E-state index is 0.00690. The Balaban J connectivity index is 1.48. The quantitative estimate of drug-likeness (QED) is 0.809. The van der Waals surface area contributed by atoms with Gasteiger partial charge >= 0.3 is 0 Å². The molecule has 3 rings (SSSR count). The highest BCUT2D eigenvalue weighted by Gasteiger charge is 2.21. The zero-order chi connectivity index (χ0) is 16.9. The van der Waals surface area contributed by atoms with Gasteiger partial charge in [-0.05, 0) is 48.7 Å². The van der Waals surface area contributed by atoms with Crippen LogP contribution in [-0.4, -0.2) is 29.9 Å². The molecule has 1 aliphatic heterocycles. The predicted octanol–water partition coefficient (Wildman–Crippen LogP) is 4.50. The first-order chi connectivity index (χ1) is 11.6. The van der Waals surface area contributed by atoms with Crippen molar-refractivity contribution in [3.63, 3.8) is 0 Å². The summed E-state index contributed by atoms with van der Waals surface area (Å²) >= 11 is 9.33. The molecule has 2 aromatic carbocycles. The van der Waals surface area contributed by atoms with E-state index in [1.807, 2.05) is 36.4 Å². The van der Waals surface area contributed by atoms with Gasteiger partial charge in [-0.25, -0.2) is 0 Å². The van der Waals surface area contributed by atoms with E-state index in [0.717, 1.165) is 42.0 Å². The molecule has 5 heteroatoms. The minimum Gasteiger partial charge on any atom is -0.349 e. The number of hydrogen-bond acceptors (Lipinski definition) is 2. The third kappa shape index (κ3) is 4.82. The molecule has 1 saturated heterocycles. The van der Waals surface area contributed by atoms with Crippen molar-refractivity contribution < 1.29 is 4.79 Å². The summed E-state index contributed by atoms with van der Waals surface area (Å²) in [6, 6.07) is 15.8. The summed E-state index contributed by atoms with van der Waals surface area (Å²) in [7, 11) is 0. The largest absolute Gasteiger partial charge is 0.349 e. The van der Waals surface area contributed by atoms with Gasteiger partial charge in [-0.1, -0.05) is 45.7 Å². The Morgan fingerprint density at radius 3 is 2.54 bits per heavy atom. The summed E-state index contributed by atoms with van der Waals surface area (Å²) in [5, 5.41) is 3.92. The van der Waals surface area contributed by atoms with Crippen molar-refractivity contribution in [2.24, 2.45) is 0 Å². The van der Waals surface area contributed by atoms with Gasteiger partial charge in [0.05, 0.1) is 0 Å². The molecule has 1 N–H and O–H groups in total. The summed E-state index contributed by atoms with van der Waals surface area (Å²) in [6.45, 7) is 2.92. The summed E-state index contributed by atoms with van der Waals surface area (Å²) < 4.78 is 0.924. The van der Waals surface area contributed by atoms with Gasteiger partial charge in [-0.3, -0.25) is 9.69 Å². The second-order valence-corrected chi connectivity index (χ2v) is 7.51. The van der Waals surface area contributed by atoms with Crippen LogP contribution >= 0.6 is 27.5 Å². The fraction of sp³-hybridized carbons (Fsp3) is 0.316. The molecule has 0 aliphatic carbocycles. The summed E-state index contributed by atoms with van der Waals surface area (Å²) in [5.41, 5.74) is 1.98. The number of amides is 1. The van der Waals surface area contributed by atoms with Crippen LogP contribution in [0.5, 0.6) is 0 Å². The highest BCUT2D eigenvalue weighted by atomic mass is 79.9. The van der Waals surface area contributed by atoms with Crippen LogP contribution in [0.25, 0.3) is 0 Å². The molecule has 0 bridgehead atoms. The normalized spacial score (nSPS) is 16.1. The Morgan fingerprint density at radius 2 is 1.88 bits per heavy atom. The van der Waals surface area contributed by atoms with Crippen LogP contribution < -0.4 is 5.32 Å². The lowest BCUT2D eigenvalue weighted by Gasteiger charge is -2.32. The number of benzene rings is 2. The van der Waals surface area contributed by atoms with Crippen LogP contribution in [0.15, 0.2) is 53.0 Å². The van der Waals surface area contributed by atoms with Crippen LogP contribution in [0.3, 0.4) is 0 Å². The second-order valence-electron chi connectivity index (χ2n) is 6.16. The SMILES string of the molecule is O=C(NC1CCN(Cc2ccc(Cl)cc2)CC1)c1cccc(Br)c1. The number of hydrogen-bond donors (Lipinski definition) is 1. The average Bonchev–Trinajstić information content (AvgIpc) is 2.59. The molecule has 0 saturated carbocycles. The number of halogens is 2. The molecule has 2 aromatic rings. The lowest BCUT2D eigenvalue weighted by atomic mass is 10.0. The maximum Gasteiger partial charge on any atom is 0.251 e.